The van der Waals surface area contributed by atoms with Crippen molar-refractivity contribution in [1.82, 2.24) is 19.6 Å². The summed E-state index contributed by atoms with van der Waals surface area (Å²) in [6.07, 6.45) is 3.04. The molecule has 0 amide bonds. The Bertz CT molecular complexity index is 1160. The lowest BCUT2D eigenvalue weighted by Crippen LogP contribution is -2.14. The Hall–Kier alpha value is -3.55. The minimum Gasteiger partial charge on any atom is -0.454 e. The Morgan fingerprint density at radius 1 is 1.20 bits per heavy atom. The van der Waals surface area contributed by atoms with Crippen LogP contribution in [0, 0.1) is 6.92 Å². The maximum Gasteiger partial charge on any atom is 0.274 e. The van der Waals surface area contributed by atoms with Gasteiger partial charge in [0.15, 0.2) is 17.1 Å². The van der Waals surface area contributed by atoms with Gasteiger partial charge < -0.3 is 18.9 Å². The Balaban J connectivity index is 1.75. The third kappa shape index (κ3) is 2.04. The third-order valence-electron chi connectivity index (χ3n) is 4.12. The minimum atomic E-state index is -0.248. The van der Waals surface area contributed by atoms with Gasteiger partial charge >= 0.3 is 0 Å². The predicted octanol–water partition coefficient (Wildman–Crippen LogP) is 2.38. The van der Waals surface area contributed by atoms with Crippen LogP contribution in [0.25, 0.3) is 28.4 Å². The van der Waals surface area contributed by atoms with Crippen molar-refractivity contribution in [3.8, 4) is 34.2 Å². The molecule has 124 valence electrons. The molecule has 0 radical (unpaired) electrons. The van der Waals surface area contributed by atoms with E-state index in [2.05, 4.69) is 15.1 Å². The molecule has 8 heteroatoms. The maximum absolute atomic E-state index is 12.5. The van der Waals surface area contributed by atoms with E-state index in [-0.39, 0.29) is 12.4 Å². The summed E-state index contributed by atoms with van der Waals surface area (Å²) in [5.74, 6) is 1.75. The number of H-pyrrole nitrogens is 1. The van der Waals surface area contributed by atoms with Gasteiger partial charge in [-0.2, -0.15) is 9.61 Å². The monoisotopic (exact) mass is 336 g/mol. The average Bonchev–Trinajstić information content (AvgIpc) is 3.32. The summed E-state index contributed by atoms with van der Waals surface area (Å²) in [6.45, 7) is 2.00. The molecule has 5 rings (SSSR count). The van der Waals surface area contributed by atoms with Crippen molar-refractivity contribution in [3.05, 3.63) is 52.8 Å². The van der Waals surface area contributed by atoms with Gasteiger partial charge in [0, 0.05) is 11.6 Å². The van der Waals surface area contributed by atoms with Crippen molar-refractivity contribution < 1.29 is 13.9 Å². The standard InChI is InChI=1S/C17H12N4O4/c1-9-15(17-18-4-5-23-17)16-19-11(7-14(22)21(16)20-9)10-2-3-12-13(6-10)25-8-24-12/h2-7,19H,8H2,1H3. The molecule has 1 N–H and O–H groups in total. The Kier molecular flexibility index (Phi) is 2.75. The summed E-state index contributed by atoms with van der Waals surface area (Å²) in [6, 6.07) is 7.01. The third-order valence-corrected chi connectivity index (χ3v) is 4.12. The van der Waals surface area contributed by atoms with Gasteiger partial charge in [-0.05, 0) is 25.1 Å². The first-order valence-corrected chi connectivity index (χ1v) is 7.63. The highest BCUT2D eigenvalue weighted by Crippen LogP contribution is 2.35. The molecule has 25 heavy (non-hydrogen) atoms. The second-order valence-electron chi connectivity index (χ2n) is 5.65. The molecule has 3 aromatic heterocycles. The Morgan fingerprint density at radius 2 is 2.08 bits per heavy atom. The Labute approximate surface area is 140 Å². The zero-order chi connectivity index (χ0) is 17.0. The number of ether oxygens (including phenoxy) is 2. The summed E-state index contributed by atoms with van der Waals surface area (Å²) >= 11 is 0. The molecule has 4 aromatic rings. The van der Waals surface area contributed by atoms with Crippen LogP contribution in [0.4, 0.5) is 0 Å². The number of rotatable bonds is 2. The van der Waals surface area contributed by atoms with E-state index in [1.807, 2.05) is 18.2 Å². The number of aryl methyl sites for hydroxylation is 1. The highest BCUT2D eigenvalue weighted by atomic mass is 16.7. The summed E-state index contributed by atoms with van der Waals surface area (Å²) < 4.78 is 17.4. The zero-order valence-corrected chi connectivity index (χ0v) is 13.1. The van der Waals surface area contributed by atoms with Gasteiger partial charge in [0.2, 0.25) is 12.7 Å². The fourth-order valence-electron chi connectivity index (χ4n) is 2.97. The van der Waals surface area contributed by atoms with E-state index in [1.165, 1.54) is 16.8 Å². The number of aromatic nitrogens is 4. The lowest BCUT2D eigenvalue weighted by molar-refractivity contribution is 0.174. The first-order chi connectivity index (χ1) is 12.2. The van der Waals surface area contributed by atoms with E-state index in [0.29, 0.717) is 40.0 Å². The number of hydrogen-bond donors (Lipinski definition) is 1. The summed E-state index contributed by atoms with van der Waals surface area (Å²) in [5, 5.41) is 4.29. The second-order valence-corrected chi connectivity index (χ2v) is 5.65. The normalized spacial score (nSPS) is 12.8. The van der Waals surface area contributed by atoms with E-state index >= 15 is 0 Å². The van der Waals surface area contributed by atoms with E-state index < -0.39 is 0 Å². The largest absolute Gasteiger partial charge is 0.454 e. The molecule has 1 aliphatic rings. The molecule has 0 aliphatic carbocycles. The van der Waals surface area contributed by atoms with Gasteiger partial charge in [-0.1, -0.05) is 0 Å². The lowest BCUT2D eigenvalue weighted by atomic mass is 10.1. The van der Waals surface area contributed by atoms with Crippen LogP contribution in [0.5, 0.6) is 11.5 Å². The highest BCUT2D eigenvalue weighted by molar-refractivity contribution is 5.76. The van der Waals surface area contributed by atoms with E-state index in [0.717, 1.165) is 5.56 Å². The molecular formula is C17H12N4O4. The topological polar surface area (TPSA) is 94.7 Å². The lowest BCUT2D eigenvalue weighted by Gasteiger charge is -2.05. The average molecular weight is 336 g/mol. The number of benzene rings is 1. The van der Waals surface area contributed by atoms with Gasteiger partial charge in [-0.15, -0.1) is 0 Å². The van der Waals surface area contributed by atoms with Crippen molar-refractivity contribution in [2.75, 3.05) is 6.79 Å². The SMILES string of the molecule is Cc1nn2c(=O)cc(-c3ccc4c(c3)OCO4)[nH]c2c1-c1ncco1. The number of nitrogens with zero attached hydrogens (tertiary/aromatic N) is 3. The van der Waals surface area contributed by atoms with Crippen LogP contribution < -0.4 is 15.0 Å². The molecule has 1 aromatic carbocycles. The molecular weight excluding hydrogens is 324 g/mol. The molecule has 0 saturated carbocycles. The fourth-order valence-corrected chi connectivity index (χ4v) is 2.97. The molecule has 0 unspecified atom stereocenters. The van der Waals surface area contributed by atoms with Crippen molar-refractivity contribution >= 4 is 5.65 Å². The van der Waals surface area contributed by atoms with Crippen LogP contribution in [-0.4, -0.2) is 26.4 Å². The molecule has 0 saturated heterocycles. The smallest absolute Gasteiger partial charge is 0.274 e. The summed E-state index contributed by atoms with van der Waals surface area (Å²) in [7, 11) is 0. The van der Waals surface area contributed by atoms with Gasteiger partial charge in [0.05, 0.1) is 17.6 Å². The van der Waals surface area contributed by atoms with Crippen LogP contribution >= 0.6 is 0 Å². The van der Waals surface area contributed by atoms with Crippen molar-refractivity contribution in [1.29, 1.82) is 0 Å². The van der Waals surface area contributed by atoms with Crippen LogP contribution in [-0.2, 0) is 0 Å². The highest BCUT2D eigenvalue weighted by Gasteiger charge is 2.19. The Morgan fingerprint density at radius 3 is 2.92 bits per heavy atom. The zero-order valence-electron chi connectivity index (χ0n) is 13.1. The van der Waals surface area contributed by atoms with Gasteiger partial charge in [-0.3, -0.25) is 4.79 Å². The number of aromatic amines is 1. The molecule has 0 fully saturated rings. The summed E-state index contributed by atoms with van der Waals surface area (Å²) in [5.41, 5.74) is 3.04. The maximum atomic E-state index is 12.5. The molecule has 0 atom stereocenters. The number of fused-ring (bicyclic) bond motifs is 2. The van der Waals surface area contributed by atoms with Crippen molar-refractivity contribution in [2.24, 2.45) is 0 Å². The molecule has 0 spiro atoms. The first kappa shape index (κ1) is 13.8. The predicted molar refractivity (Wildman–Crippen MR) is 87.6 cm³/mol. The van der Waals surface area contributed by atoms with Crippen molar-refractivity contribution in [3.63, 3.8) is 0 Å². The van der Waals surface area contributed by atoms with E-state index in [9.17, 15) is 4.79 Å². The molecule has 4 heterocycles. The fraction of sp³-hybridized carbons (Fsp3) is 0.118. The number of hydrogen-bond acceptors (Lipinski definition) is 6. The molecule has 8 nitrogen and oxygen atoms in total. The van der Waals surface area contributed by atoms with E-state index in [4.69, 9.17) is 13.9 Å². The quantitative estimate of drug-likeness (QED) is 0.604. The van der Waals surface area contributed by atoms with Crippen LogP contribution in [0.1, 0.15) is 5.69 Å². The molecule has 0 bridgehead atoms. The van der Waals surface area contributed by atoms with Crippen LogP contribution in [0.15, 0.2) is 45.9 Å². The van der Waals surface area contributed by atoms with Gasteiger partial charge in [-0.25, -0.2) is 4.98 Å². The molecule has 1 aliphatic heterocycles. The van der Waals surface area contributed by atoms with Gasteiger partial charge in [0.1, 0.15) is 11.8 Å². The van der Waals surface area contributed by atoms with Crippen LogP contribution in [0.2, 0.25) is 0 Å². The van der Waals surface area contributed by atoms with Crippen LogP contribution in [0.3, 0.4) is 0 Å². The van der Waals surface area contributed by atoms with E-state index in [1.54, 1.807) is 13.1 Å². The minimum absolute atomic E-state index is 0.199. The number of nitrogens with one attached hydrogen (secondary N) is 1. The van der Waals surface area contributed by atoms with Crippen molar-refractivity contribution in [2.45, 2.75) is 6.92 Å². The second kappa shape index (κ2) is 4.97. The number of oxazole rings is 1. The summed E-state index contributed by atoms with van der Waals surface area (Å²) in [4.78, 5) is 19.9. The first-order valence-electron chi connectivity index (χ1n) is 7.63. The van der Waals surface area contributed by atoms with Gasteiger partial charge in [0.25, 0.3) is 5.56 Å².